The zero-order valence-corrected chi connectivity index (χ0v) is 21.3. The van der Waals surface area contributed by atoms with Crippen LogP contribution in [0.1, 0.15) is 86.5 Å². The third-order valence-electron chi connectivity index (χ3n) is 7.49. The molecule has 186 valence electrons. The van der Waals surface area contributed by atoms with Gasteiger partial charge in [0.1, 0.15) is 11.4 Å². The highest BCUT2D eigenvalue weighted by Gasteiger charge is 2.38. The number of aryl methyl sites for hydroxylation is 1. The molecule has 6 nitrogen and oxygen atoms in total. The van der Waals surface area contributed by atoms with E-state index < -0.39 is 5.54 Å². The fourth-order valence-electron chi connectivity index (χ4n) is 5.27. The van der Waals surface area contributed by atoms with Gasteiger partial charge in [0, 0.05) is 6.61 Å². The molecule has 1 amide bonds. The van der Waals surface area contributed by atoms with Crippen LogP contribution in [-0.2, 0) is 17.5 Å². The summed E-state index contributed by atoms with van der Waals surface area (Å²) in [6.45, 7) is 8.76. The number of amides is 1. The molecule has 0 bridgehead atoms. The van der Waals surface area contributed by atoms with Crippen LogP contribution in [0.2, 0.25) is 0 Å². The Bertz CT molecular complexity index is 1130. The van der Waals surface area contributed by atoms with Crippen LogP contribution in [0, 0.1) is 0 Å². The van der Waals surface area contributed by atoms with Gasteiger partial charge in [0.2, 0.25) is 0 Å². The Kier molecular flexibility index (Phi) is 7.31. The van der Waals surface area contributed by atoms with Crippen molar-refractivity contribution in [2.45, 2.75) is 76.9 Å². The molecular weight excluding hydrogens is 436 g/mol. The zero-order valence-electron chi connectivity index (χ0n) is 21.3. The second-order valence-electron chi connectivity index (χ2n) is 10.2. The van der Waals surface area contributed by atoms with Crippen LogP contribution >= 0.6 is 0 Å². The molecule has 2 aromatic carbocycles. The van der Waals surface area contributed by atoms with Crippen molar-refractivity contribution < 1.29 is 9.90 Å². The average Bonchev–Trinajstić information content (AvgIpc) is 3.32. The molecule has 1 aliphatic rings. The predicted octanol–water partition coefficient (Wildman–Crippen LogP) is 5.55. The standard InChI is InChI=1S/C29H38N4O2/c1-5-29(6-2,23-16-14-21(15-17-23)11-10-18-34)32-27(35)24-20-30-33-26(24)31-25(19-28(33,3)4)22-12-8-7-9-13-22/h7-9,12-17,20,25,31,34H,5-6,10-11,18-19H2,1-4H3,(H,32,35). The number of rotatable bonds is 9. The summed E-state index contributed by atoms with van der Waals surface area (Å²) in [5.41, 5.74) is 3.38. The predicted molar refractivity (Wildman–Crippen MR) is 141 cm³/mol. The van der Waals surface area contributed by atoms with Crippen LogP contribution in [0.25, 0.3) is 0 Å². The maximum Gasteiger partial charge on any atom is 0.257 e. The average molecular weight is 475 g/mol. The molecule has 6 heteroatoms. The third-order valence-corrected chi connectivity index (χ3v) is 7.49. The molecule has 4 rings (SSSR count). The number of benzene rings is 2. The minimum atomic E-state index is -0.468. The summed E-state index contributed by atoms with van der Waals surface area (Å²) < 4.78 is 1.96. The molecule has 0 saturated carbocycles. The molecule has 0 fully saturated rings. The van der Waals surface area contributed by atoms with Crippen molar-refractivity contribution in [3.63, 3.8) is 0 Å². The smallest absolute Gasteiger partial charge is 0.257 e. The number of carbonyl (C=O) groups excluding carboxylic acids is 1. The molecule has 35 heavy (non-hydrogen) atoms. The summed E-state index contributed by atoms with van der Waals surface area (Å²) in [4.78, 5) is 13.7. The Morgan fingerprint density at radius 2 is 1.83 bits per heavy atom. The molecule has 3 aromatic rings. The van der Waals surface area contributed by atoms with Crippen molar-refractivity contribution in [2.24, 2.45) is 0 Å². The molecule has 2 heterocycles. The number of aromatic nitrogens is 2. The van der Waals surface area contributed by atoms with Gasteiger partial charge in [-0.25, -0.2) is 4.68 Å². The van der Waals surface area contributed by atoms with Crippen molar-refractivity contribution in [3.8, 4) is 0 Å². The topological polar surface area (TPSA) is 79.2 Å². The third kappa shape index (κ3) is 4.98. The van der Waals surface area contributed by atoms with Crippen molar-refractivity contribution in [3.05, 3.63) is 83.0 Å². The minimum absolute atomic E-state index is 0.107. The van der Waals surface area contributed by atoms with E-state index in [0.29, 0.717) is 5.56 Å². The van der Waals surface area contributed by atoms with Gasteiger partial charge in [-0.15, -0.1) is 0 Å². The van der Waals surface area contributed by atoms with E-state index in [1.165, 1.54) is 11.1 Å². The van der Waals surface area contributed by atoms with E-state index in [2.05, 4.69) is 92.0 Å². The zero-order chi connectivity index (χ0) is 25.1. The number of fused-ring (bicyclic) bond motifs is 1. The lowest BCUT2D eigenvalue weighted by atomic mass is 9.83. The van der Waals surface area contributed by atoms with E-state index in [4.69, 9.17) is 5.11 Å². The van der Waals surface area contributed by atoms with Crippen LogP contribution in [0.5, 0.6) is 0 Å². The van der Waals surface area contributed by atoms with Crippen molar-refractivity contribution in [1.82, 2.24) is 15.1 Å². The van der Waals surface area contributed by atoms with Gasteiger partial charge in [0.05, 0.1) is 23.3 Å². The van der Waals surface area contributed by atoms with Gasteiger partial charge in [-0.05, 0) is 62.6 Å². The summed E-state index contributed by atoms with van der Waals surface area (Å²) in [5, 5.41) is 20.7. The van der Waals surface area contributed by atoms with E-state index in [9.17, 15) is 4.79 Å². The van der Waals surface area contributed by atoms with Crippen molar-refractivity contribution >= 4 is 11.7 Å². The molecule has 0 saturated heterocycles. The fraction of sp³-hybridized carbons (Fsp3) is 0.448. The summed E-state index contributed by atoms with van der Waals surface area (Å²) in [6, 6.07) is 18.9. The molecule has 0 aliphatic carbocycles. The lowest BCUT2D eigenvalue weighted by Gasteiger charge is -2.38. The first-order chi connectivity index (χ1) is 16.8. The largest absolute Gasteiger partial charge is 0.396 e. The Morgan fingerprint density at radius 1 is 1.14 bits per heavy atom. The first-order valence-corrected chi connectivity index (χ1v) is 12.8. The number of aliphatic hydroxyl groups excluding tert-OH is 1. The molecule has 0 radical (unpaired) electrons. The minimum Gasteiger partial charge on any atom is -0.396 e. The number of aliphatic hydroxyl groups is 1. The van der Waals surface area contributed by atoms with Crippen LogP contribution in [0.4, 0.5) is 5.82 Å². The monoisotopic (exact) mass is 474 g/mol. The summed E-state index contributed by atoms with van der Waals surface area (Å²) in [7, 11) is 0. The highest BCUT2D eigenvalue weighted by Crippen LogP contribution is 2.40. The van der Waals surface area contributed by atoms with Crippen LogP contribution in [-0.4, -0.2) is 27.4 Å². The first kappa shape index (κ1) is 25.0. The van der Waals surface area contributed by atoms with Gasteiger partial charge in [-0.2, -0.15) is 5.10 Å². The number of anilines is 1. The van der Waals surface area contributed by atoms with E-state index in [-0.39, 0.29) is 24.1 Å². The summed E-state index contributed by atoms with van der Waals surface area (Å²) >= 11 is 0. The Hall–Kier alpha value is -3.12. The maximum atomic E-state index is 13.7. The van der Waals surface area contributed by atoms with Gasteiger partial charge in [-0.1, -0.05) is 68.4 Å². The molecule has 1 atom stereocenters. The number of nitrogens with zero attached hydrogens (tertiary/aromatic N) is 2. The highest BCUT2D eigenvalue weighted by atomic mass is 16.2. The molecule has 3 N–H and O–H groups in total. The lowest BCUT2D eigenvalue weighted by Crippen LogP contribution is -2.45. The van der Waals surface area contributed by atoms with Crippen molar-refractivity contribution in [1.29, 1.82) is 0 Å². The number of hydrogen-bond donors (Lipinski definition) is 3. The second kappa shape index (κ2) is 10.2. The number of hydrogen-bond acceptors (Lipinski definition) is 4. The highest BCUT2D eigenvalue weighted by molar-refractivity contribution is 5.99. The number of nitrogens with one attached hydrogen (secondary N) is 2. The van der Waals surface area contributed by atoms with Crippen LogP contribution in [0.3, 0.4) is 0 Å². The maximum absolute atomic E-state index is 13.7. The normalized spacial score (nSPS) is 16.9. The molecule has 0 spiro atoms. The van der Waals surface area contributed by atoms with Gasteiger partial charge in [-0.3, -0.25) is 4.79 Å². The van der Waals surface area contributed by atoms with Crippen LogP contribution in [0.15, 0.2) is 60.8 Å². The van der Waals surface area contributed by atoms with Gasteiger partial charge < -0.3 is 15.7 Å². The lowest BCUT2D eigenvalue weighted by molar-refractivity contribution is 0.0890. The first-order valence-electron chi connectivity index (χ1n) is 12.8. The fourth-order valence-corrected chi connectivity index (χ4v) is 5.27. The Morgan fingerprint density at radius 3 is 2.46 bits per heavy atom. The quantitative estimate of drug-likeness (QED) is 0.380. The summed E-state index contributed by atoms with van der Waals surface area (Å²) in [5.74, 6) is 0.657. The van der Waals surface area contributed by atoms with E-state index in [0.717, 1.165) is 43.5 Å². The van der Waals surface area contributed by atoms with Crippen molar-refractivity contribution in [2.75, 3.05) is 11.9 Å². The van der Waals surface area contributed by atoms with Gasteiger partial charge >= 0.3 is 0 Å². The number of carbonyl (C=O) groups is 1. The van der Waals surface area contributed by atoms with Gasteiger partial charge in [0.25, 0.3) is 5.91 Å². The molecule has 1 unspecified atom stereocenters. The van der Waals surface area contributed by atoms with E-state index in [1.807, 2.05) is 10.7 Å². The molecule has 1 aromatic heterocycles. The second-order valence-corrected chi connectivity index (χ2v) is 10.2. The van der Waals surface area contributed by atoms with Gasteiger partial charge in [0.15, 0.2) is 0 Å². The SMILES string of the molecule is CCC(CC)(NC(=O)c1cnn2c1NC(c1ccccc1)CC2(C)C)c1ccc(CCCO)cc1. The van der Waals surface area contributed by atoms with E-state index in [1.54, 1.807) is 6.20 Å². The molecule has 1 aliphatic heterocycles. The Labute approximate surface area is 208 Å². The Balaban J connectivity index is 1.62. The molecular formula is C29H38N4O2. The van der Waals surface area contributed by atoms with Crippen LogP contribution < -0.4 is 10.6 Å². The van der Waals surface area contributed by atoms with E-state index >= 15 is 0 Å². The summed E-state index contributed by atoms with van der Waals surface area (Å²) in [6.07, 6.45) is 5.73.